The molecule has 1 unspecified atom stereocenters. The molecule has 31 heavy (non-hydrogen) atoms. The van der Waals surface area contributed by atoms with Crippen LogP contribution in [-0.4, -0.2) is 47.8 Å². The average Bonchev–Trinajstić information content (AvgIpc) is 3.11. The summed E-state index contributed by atoms with van der Waals surface area (Å²) in [7, 11) is 3.54. The number of rotatable bonds is 6. The van der Waals surface area contributed by atoms with Gasteiger partial charge in [0.1, 0.15) is 12.4 Å². The third kappa shape index (κ3) is 4.32. The summed E-state index contributed by atoms with van der Waals surface area (Å²) in [6.07, 6.45) is 0. The number of ketones is 1. The fourth-order valence-electron chi connectivity index (χ4n) is 4.20. The lowest BCUT2D eigenvalue weighted by atomic mass is 9.92. The Morgan fingerprint density at radius 2 is 2.03 bits per heavy atom. The first-order valence-corrected chi connectivity index (χ1v) is 10.3. The Morgan fingerprint density at radius 1 is 1.29 bits per heavy atom. The van der Waals surface area contributed by atoms with Crippen LogP contribution in [0.4, 0.5) is 0 Å². The second-order valence-corrected chi connectivity index (χ2v) is 7.85. The third-order valence-corrected chi connectivity index (χ3v) is 6.22. The fraction of sp³-hybridized carbons (Fsp3) is 0.304. The van der Waals surface area contributed by atoms with Gasteiger partial charge in [-0.3, -0.25) is 4.79 Å². The van der Waals surface area contributed by atoms with Gasteiger partial charge in [-0.05, 0) is 29.3 Å². The summed E-state index contributed by atoms with van der Waals surface area (Å²) in [6, 6.07) is 13.6. The minimum Gasteiger partial charge on any atom is -0.497 e. The molecule has 2 heterocycles. The number of carbonyl (C=O) groups is 1. The number of nitrogens with zero attached hydrogens (tertiary/aromatic N) is 1. The molecule has 0 fully saturated rings. The van der Waals surface area contributed by atoms with Gasteiger partial charge in [0, 0.05) is 54.8 Å². The van der Waals surface area contributed by atoms with Crippen LogP contribution in [0.1, 0.15) is 33.1 Å². The lowest BCUT2D eigenvalue weighted by Crippen LogP contribution is -2.37. The van der Waals surface area contributed by atoms with Crippen LogP contribution < -0.4 is 15.4 Å². The second kappa shape index (κ2) is 9.78. The predicted octanol–water partition coefficient (Wildman–Crippen LogP) is 3.03. The van der Waals surface area contributed by atoms with E-state index in [0.29, 0.717) is 12.1 Å². The number of carbonyl (C=O) groups excluding carboxylic acids is 1. The van der Waals surface area contributed by atoms with E-state index in [9.17, 15) is 4.79 Å². The van der Waals surface area contributed by atoms with Crippen molar-refractivity contribution < 1.29 is 14.6 Å². The van der Waals surface area contributed by atoms with Crippen molar-refractivity contribution in [2.24, 2.45) is 0 Å². The molecule has 0 radical (unpaired) electrons. The van der Waals surface area contributed by atoms with Crippen molar-refractivity contribution in [2.75, 3.05) is 27.3 Å². The summed E-state index contributed by atoms with van der Waals surface area (Å²) in [5.41, 5.74) is 5.19. The highest BCUT2D eigenvalue weighted by Crippen LogP contribution is 2.37. The van der Waals surface area contributed by atoms with Crippen LogP contribution in [0.25, 0.3) is 10.9 Å². The Hall–Kier alpha value is -2.45. The first-order chi connectivity index (χ1) is 14.6. The van der Waals surface area contributed by atoms with Gasteiger partial charge in [-0.25, -0.2) is 0 Å². The van der Waals surface area contributed by atoms with Crippen molar-refractivity contribution in [1.82, 2.24) is 15.2 Å². The van der Waals surface area contributed by atoms with E-state index >= 15 is 0 Å². The number of methoxy groups -OCH3 is 1. The molecule has 164 valence electrons. The summed E-state index contributed by atoms with van der Waals surface area (Å²) < 4.78 is 7.79. The molecule has 1 aliphatic rings. The molecule has 2 aromatic carbocycles. The number of ether oxygens (including phenoxy) is 1. The molecule has 3 N–H and O–H groups in total. The highest BCUT2D eigenvalue weighted by molar-refractivity contribution is 7.80. The van der Waals surface area contributed by atoms with Crippen molar-refractivity contribution in [1.29, 1.82) is 0 Å². The normalized spacial score (nSPS) is 15.1. The van der Waals surface area contributed by atoms with Crippen LogP contribution in [0.2, 0.25) is 0 Å². The molecule has 4 rings (SSSR count). The number of aliphatic hydroxyl groups is 1. The first kappa shape index (κ1) is 23.2. The van der Waals surface area contributed by atoms with Crippen LogP contribution >= 0.6 is 24.6 Å². The van der Waals surface area contributed by atoms with Crippen LogP contribution in [0, 0.1) is 0 Å². The van der Waals surface area contributed by atoms with Crippen molar-refractivity contribution in [3.63, 3.8) is 0 Å². The zero-order chi connectivity index (χ0) is 21.3. The fourth-order valence-corrected chi connectivity index (χ4v) is 4.41. The van der Waals surface area contributed by atoms with E-state index in [0.717, 1.165) is 40.3 Å². The molecule has 1 aliphatic heterocycles. The maximum absolute atomic E-state index is 11.7. The molecule has 0 amide bonds. The number of aliphatic hydroxyl groups excluding tert-OH is 1. The molecular formula is C23H26ClN3O3S. The zero-order valence-corrected chi connectivity index (χ0v) is 19.1. The van der Waals surface area contributed by atoms with Gasteiger partial charge in [0.2, 0.25) is 0 Å². The monoisotopic (exact) mass is 459 g/mol. The molecule has 1 aromatic heterocycles. The minimum absolute atomic E-state index is 0. The Balaban J connectivity index is 0.00000272. The summed E-state index contributed by atoms with van der Waals surface area (Å²) in [4.78, 5) is 12.5. The Morgan fingerprint density at radius 3 is 2.68 bits per heavy atom. The average molecular weight is 460 g/mol. The highest BCUT2D eigenvalue weighted by Gasteiger charge is 2.30. The maximum atomic E-state index is 11.7. The molecule has 0 aliphatic carbocycles. The number of nitrogens with one attached hydrogen (secondary N) is 2. The van der Waals surface area contributed by atoms with Gasteiger partial charge in [-0.15, -0.1) is 12.4 Å². The number of benzene rings is 2. The Labute approximate surface area is 193 Å². The number of Topliss-reactive ketones (excluding diaryl/α,β-unsaturated/α-hetero) is 1. The molecule has 3 aromatic rings. The zero-order valence-electron chi connectivity index (χ0n) is 17.5. The largest absolute Gasteiger partial charge is 0.497 e. The van der Waals surface area contributed by atoms with E-state index in [1.54, 1.807) is 19.2 Å². The van der Waals surface area contributed by atoms with E-state index < -0.39 is 6.61 Å². The minimum atomic E-state index is -0.477. The number of hydrogen-bond donors (Lipinski definition) is 3. The molecular weight excluding hydrogens is 434 g/mol. The smallest absolute Gasteiger partial charge is 0.188 e. The standard InChI is InChI=1S/C23H25N3O3S.ClH/c1-24-23(30)18-10-25-11-20-22(18)17-9-16(29-2)7-8-19(17)26(20)12-14-3-5-15(6-4-14)21(28)13-27;/h3-9,18,25,27H,10-13H2,1-2H3,(H,24,30);1H. The van der Waals surface area contributed by atoms with Gasteiger partial charge in [-0.1, -0.05) is 36.5 Å². The number of hydrogen-bond acceptors (Lipinski definition) is 5. The molecule has 1 atom stereocenters. The second-order valence-electron chi connectivity index (χ2n) is 7.41. The third-order valence-electron chi connectivity index (χ3n) is 5.73. The van der Waals surface area contributed by atoms with Crippen LogP contribution in [0.15, 0.2) is 42.5 Å². The van der Waals surface area contributed by atoms with Crippen molar-refractivity contribution in [3.05, 3.63) is 64.8 Å². The van der Waals surface area contributed by atoms with Crippen LogP contribution in [-0.2, 0) is 13.1 Å². The predicted molar refractivity (Wildman–Crippen MR) is 129 cm³/mol. The number of likely N-dealkylation sites (N-methyl/N-ethyl adjacent to an activating group) is 1. The Bertz CT molecular complexity index is 1110. The number of thiocarbonyl (C=S) groups is 1. The summed E-state index contributed by atoms with van der Waals surface area (Å²) >= 11 is 5.62. The summed E-state index contributed by atoms with van der Waals surface area (Å²) in [5.74, 6) is 0.640. The SMILES string of the molecule is CNC(=S)C1CNCc2c1c1cc(OC)ccc1n2Cc1ccc(C(=O)CO)cc1.Cl. The highest BCUT2D eigenvalue weighted by atomic mass is 35.5. The van der Waals surface area contributed by atoms with Gasteiger partial charge in [-0.2, -0.15) is 0 Å². The van der Waals surface area contributed by atoms with Crippen LogP contribution in [0.5, 0.6) is 5.75 Å². The molecule has 8 heteroatoms. The van der Waals surface area contributed by atoms with E-state index in [2.05, 4.69) is 27.3 Å². The van der Waals surface area contributed by atoms with E-state index in [1.807, 2.05) is 25.2 Å². The molecule has 0 bridgehead atoms. The molecule has 0 spiro atoms. The first-order valence-electron chi connectivity index (χ1n) is 9.91. The lowest BCUT2D eigenvalue weighted by molar-refractivity contribution is 0.0903. The molecule has 6 nitrogen and oxygen atoms in total. The van der Waals surface area contributed by atoms with Gasteiger partial charge >= 0.3 is 0 Å². The number of fused-ring (bicyclic) bond motifs is 3. The van der Waals surface area contributed by atoms with Crippen molar-refractivity contribution in [2.45, 2.75) is 19.0 Å². The quantitative estimate of drug-likeness (QED) is 0.388. The molecule has 0 saturated carbocycles. The van der Waals surface area contributed by atoms with E-state index in [4.69, 9.17) is 22.1 Å². The van der Waals surface area contributed by atoms with E-state index in [1.165, 1.54) is 11.3 Å². The molecule has 0 saturated heterocycles. The summed E-state index contributed by atoms with van der Waals surface area (Å²) in [5, 5.41) is 16.9. The Kier molecular flexibility index (Phi) is 7.33. The summed E-state index contributed by atoms with van der Waals surface area (Å²) in [6.45, 7) is 1.75. The maximum Gasteiger partial charge on any atom is 0.188 e. The van der Waals surface area contributed by atoms with Gasteiger partial charge in [0.05, 0.1) is 12.1 Å². The van der Waals surface area contributed by atoms with E-state index in [-0.39, 0.29) is 24.1 Å². The number of aromatic nitrogens is 1. The van der Waals surface area contributed by atoms with Gasteiger partial charge < -0.3 is 25.0 Å². The number of halogens is 1. The van der Waals surface area contributed by atoms with Crippen molar-refractivity contribution in [3.8, 4) is 5.75 Å². The lowest BCUT2D eigenvalue weighted by Gasteiger charge is -2.26. The van der Waals surface area contributed by atoms with Crippen LogP contribution in [0.3, 0.4) is 0 Å². The topological polar surface area (TPSA) is 75.5 Å². The van der Waals surface area contributed by atoms with Gasteiger partial charge in [0.15, 0.2) is 5.78 Å². The van der Waals surface area contributed by atoms with Crippen molar-refractivity contribution >= 4 is 46.3 Å². The van der Waals surface area contributed by atoms with Gasteiger partial charge in [0.25, 0.3) is 0 Å².